The van der Waals surface area contributed by atoms with Crippen molar-refractivity contribution >= 4 is 53.9 Å². The summed E-state index contributed by atoms with van der Waals surface area (Å²) in [6.07, 6.45) is 0. The van der Waals surface area contributed by atoms with Crippen molar-refractivity contribution < 1.29 is 0 Å². The molecule has 0 radical (unpaired) electrons. The zero-order chi connectivity index (χ0) is 18.0. The second-order valence-corrected chi connectivity index (χ2v) is 7.45. The lowest BCUT2D eigenvalue weighted by Crippen LogP contribution is -1.87. The Bertz CT molecular complexity index is 1520. The van der Waals surface area contributed by atoms with Crippen molar-refractivity contribution in [3.8, 4) is 0 Å². The lowest BCUT2D eigenvalue weighted by Gasteiger charge is -2.14. The van der Waals surface area contributed by atoms with Gasteiger partial charge in [0.15, 0.2) is 0 Å². The highest BCUT2D eigenvalue weighted by Crippen LogP contribution is 2.40. The molecule has 0 saturated carbocycles. The number of hydrogen-bond acceptors (Lipinski definition) is 0. The highest BCUT2D eigenvalue weighted by molar-refractivity contribution is 6.32. The zero-order valence-corrected chi connectivity index (χ0v) is 15.2. The molecule has 0 N–H and O–H groups in total. The van der Waals surface area contributed by atoms with Crippen LogP contribution in [0.5, 0.6) is 0 Å². The predicted octanol–water partition coefficient (Wildman–Crippen LogP) is 7.76. The van der Waals surface area contributed by atoms with Crippen LogP contribution in [-0.4, -0.2) is 0 Å². The van der Waals surface area contributed by atoms with E-state index in [-0.39, 0.29) is 0 Å². The third kappa shape index (κ3) is 1.98. The van der Waals surface area contributed by atoms with E-state index in [0.29, 0.717) is 0 Å². The molecule has 6 aromatic rings. The fourth-order valence-electron chi connectivity index (χ4n) is 4.68. The van der Waals surface area contributed by atoms with Crippen LogP contribution in [0.4, 0.5) is 0 Å². The largest absolute Gasteiger partial charge is 0.0616 e. The van der Waals surface area contributed by atoms with Crippen molar-refractivity contribution in [1.82, 2.24) is 0 Å². The van der Waals surface area contributed by atoms with E-state index in [1.54, 1.807) is 0 Å². The molecule has 6 aromatic carbocycles. The minimum atomic E-state index is 1.30. The molecule has 6 rings (SSSR count). The van der Waals surface area contributed by atoms with E-state index >= 15 is 0 Å². The van der Waals surface area contributed by atoms with Gasteiger partial charge < -0.3 is 0 Å². The fraction of sp³-hybridized carbons (Fsp3) is 0.0370. The summed E-state index contributed by atoms with van der Waals surface area (Å²) >= 11 is 0. The van der Waals surface area contributed by atoms with E-state index in [4.69, 9.17) is 0 Å². The molecule has 0 fully saturated rings. The summed E-state index contributed by atoms with van der Waals surface area (Å²) < 4.78 is 0. The summed E-state index contributed by atoms with van der Waals surface area (Å²) in [5.74, 6) is 0. The lowest BCUT2D eigenvalue weighted by atomic mass is 9.89. The molecule has 0 saturated heterocycles. The molecular formula is C27H18. The lowest BCUT2D eigenvalue weighted by molar-refractivity contribution is 1.57. The second-order valence-electron chi connectivity index (χ2n) is 7.45. The van der Waals surface area contributed by atoms with Crippen molar-refractivity contribution in [3.05, 3.63) is 96.6 Å². The Hall–Kier alpha value is -3.38. The minimum Gasteiger partial charge on any atom is -0.0616 e. The quantitative estimate of drug-likeness (QED) is 0.247. The number of benzene rings is 6. The average molecular weight is 342 g/mol. The first-order chi connectivity index (χ1) is 13.3. The summed E-state index contributed by atoms with van der Waals surface area (Å²) in [7, 11) is 0. The Morgan fingerprint density at radius 1 is 0.407 bits per heavy atom. The summed E-state index contributed by atoms with van der Waals surface area (Å²) in [6.45, 7) is 2.23. The van der Waals surface area contributed by atoms with Gasteiger partial charge in [-0.1, -0.05) is 91.0 Å². The highest BCUT2D eigenvalue weighted by atomic mass is 14.2. The van der Waals surface area contributed by atoms with Crippen LogP contribution in [0.15, 0.2) is 91.0 Å². The van der Waals surface area contributed by atoms with E-state index < -0.39 is 0 Å². The van der Waals surface area contributed by atoms with E-state index in [0.717, 1.165) is 0 Å². The van der Waals surface area contributed by atoms with Crippen LogP contribution in [0.25, 0.3) is 53.9 Å². The Morgan fingerprint density at radius 3 is 1.70 bits per heavy atom. The van der Waals surface area contributed by atoms with Crippen LogP contribution in [0.1, 0.15) is 5.56 Å². The molecule has 0 heterocycles. The first-order valence-corrected chi connectivity index (χ1v) is 9.46. The van der Waals surface area contributed by atoms with Crippen molar-refractivity contribution in [1.29, 1.82) is 0 Å². The standard InChI is InChI=1S/C27H18/c1-17-16-21-13-12-20-11-10-18-6-2-4-8-23(18)25(20)26(21)27-22(17)15-14-19-7-3-5-9-24(19)27/h2-16H,1H3. The molecule has 0 amide bonds. The monoisotopic (exact) mass is 342 g/mol. The van der Waals surface area contributed by atoms with Gasteiger partial charge >= 0.3 is 0 Å². The van der Waals surface area contributed by atoms with Gasteiger partial charge in [-0.15, -0.1) is 0 Å². The summed E-state index contributed by atoms with van der Waals surface area (Å²) in [4.78, 5) is 0. The van der Waals surface area contributed by atoms with Gasteiger partial charge in [0, 0.05) is 0 Å². The number of aryl methyl sites for hydroxylation is 1. The van der Waals surface area contributed by atoms with Gasteiger partial charge in [-0.25, -0.2) is 0 Å². The normalized spacial score (nSPS) is 11.9. The predicted molar refractivity (Wildman–Crippen MR) is 119 cm³/mol. The maximum Gasteiger partial charge on any atom is -0.00141 e. The molecule has 0 aromatic heterocycles. The number of hydrogen-bond donors (Lipinski definition) is 0. The summed E-state index contributed by atoms with van der Waals surface area (Å²) in [5.41, 5.74) is 1.34. The molecule has 27 heavy (non-hydrogen) atoms. The SMILES string of the molecule is Cc1cc2ccc3ccc4ccccc4c3c2c2c1ccc1ccccc12. The van der Waals surface area contributed by atoms with Crippen LogP contribution >= 0.6 is 0 Å². The number of fused-ring (bicyclic) bond motifs is 9. The van der Waals surface area contributed by atoms with Gasteiger partial charge in [-0.3, -0.25) is 0 Å². The Labute approximate surface area is 157 Å². The molecule has 0 atom stereocenters. The van der Waals surface area contributed by atoms with Gasteiger partial charge in [0.1, 0.15) is 0 Å². The molecule has 0 aliphatic heterocycles. The molecule has 0 heteroatoms. The smallest absolute Gasteiger partial charge is 0.00141 e. The molecule has 0 unspecified atom stereocenters. The van der Waals surface area contributed by atoms with Crippen LogP contribution < -0.4 is 0 Å². The van der Waals surface area contributed by atoms with E-state index in [2.05, 4.69) is 97.9 Å². The van der Waals surface area contributed by atoms with Crippen molar-refractivity contribution in [3.63, 3.8) is 0 Å². The first kappa shape index (κ1) is 14.8. The van der Waals surface area contributed by atoms with Crippen LogP contribution in [-0.2, 0) is 0 Å². The van der Waals surface area contributed by atoms with Crippen molar-refractivity contribution in [2.45, 2.75) is 6.92 Å². The van der Waals surface area contributed by atoms with E-state index in [1.807, 2.05) is 0 Å². The third-order valence-corrected chi connectivity index (χ3v) is 5.92. The van der Waals surface area contributed by atoms with Gasteiger partial charge in [-0.2, -0.15) is 0 Å². The maximum absolute atomic E-state index is 2.34. The molecule has 0 aliphatic rings. The molecule has 0 nitrogen and oxygen atoms in total. The Kier molecular flexibility index (Phi) is 2.90. The second kappa shape index (κ2) is 5.31. The molecule has 0 aliphatic carbocycles. The maximum atomic E-state index is 2.34. The van der Waals surface area contributed by atoms with Crippen molar-refractivity contribution in [2.75, 3.05) is 0 Å². The fourth-order valence-corrected chi connectivity index (χ4v) is 4.68. The molecule has 126 valence electrons. The van der Waals surface area contributed by atoms with Crippen LogP contribution in [0.3, 0.4) is 0 Å². The number of rotatable bonds is 0. The summed E-state index contributed by atoms with van der Waals surface area (Å²) in [5, 5.41) is 13.4. The van der Waals surface area contributed by atoms with Crippen LogP contribution in [0, 0.1) is 6.92 Å². The van der Waals surface area contributed by atoms with Crippen LogP contribution in [0.2, 0.25) is 0 Å². The Balaban J connectivity index is 2.05. The van der Waals surface area contributed by atoms with Gasteiger partial charge in [0.05, 0.1) is 0 Å². The molecule has 0 spiro atoms. The highest BCUT2D eigenvalue weighted by Gasteiger charge is 2.12. The topological polar surface area (TPSA) is 0 Å². The minimum absolute atomic E-state index is 1.30. The summed E-state index contributed by atoms with van der Waals surface area (Å²) in [6, 6.07) is 33.4. The Morgan fingerprint density at radius 2 is 0.963 bits per heavy atom. The van der Waals surface area contributed by atoms with E-state index in [9.17, 15) is 0 Å². The zero-order valence-electron chi connectivity index (χ0n) is 15.2. The van der Waals surface area contributed by atoms with E-state index in [1.165, 1.54) is 59.4 Å². The molecule has 0 bridgehead atoms. The van der Waals surface area contributed by atoms with Gasteiger partial charge in [0.2, 0.25) is 0 Å². The third-order valence-electron chi connectivity index (χ3n) is 5.92. The average Bonchev–Trinajstić information content (AvgIpc) is 2.73. The molecular weight excluding hydrogens is 324 g/mol. The van der Waals surface area contributed by atoms with Crippen molar-refractivity contribution in [2.24, 2.45) is 0 Å². The van der Waals surface area contributed by atoms with Gasteiger partial charge in [0.25, 0.3) is 0 Å². The first-order valence-electron chi connectivity index (χ1n) is 9.46. The van der Waals surface area contributed by atoms with Gasteiger partial charge in [-0.05, 0) is 66.3 Å².